The zero-order valence-electron chi connectivity index (χ0n) is 25.2. The maximum atomic E-state index is 12.6. The van der Waals surface area contributed by atoms with Gasteiger partial charge in [0.2, 0.25) is 11.8 Å². The number of aliphatic hydroxyl groups excluding tert-OH is 2. The smallest absolute Gasteiger partial charge is 0.386 e. The molecule has 0 radical (unpaired) electrons. The molecule has 1 saturated heterocycles. The van der Waals surface area contributed by atoms with Crippen molar-refractivity contribution in [3.63, 3.8) is 0 Å². The molecule has 1 aliphatic heterocycles. The van der Waals surface area contributed by atoms with Gasteiger partial charge in [-0.1, -0.05) is 13.8 Å². The van der Waals surface area contributed by atoms with Gasteiger partial charge in [-0.15, -0.1) is 0 Å². The monoisotopic (exact) mass is 767 g/mol. The highest BCUT2D eigenvalue weighted by atomic mass is 32.1. The summed E-state index contributed by atoms with van der Waals surface area (Å²) in [5.74, 6) is -0.943. The van der Waals surface area contributed by atoms with Crippen LogP contribution in [0.25, 0.3) is 11.2 Å². The Balaban J connectivity index is 1.61. The van der Waals surface area contributed by atoms with Gasteiger partial charge in [-0.2, -0.15) is 16.9 Å². The average Bonchev–Trinajstić information content (AvgIpc) is 3.54. The highest BCUT2D eigenvalue weighted by molar-refractivity contribution is 7.80. The maximum Gasteiger partial charge on any atom is 0.481 e. The number of aromatic nitrogens is 4. The standard InChI is InChI=1S/C21H36N7O16P3S/c1-21(2,16(31)19(32)24-4-3-12(29)23-5-6-48)8-41-47(38,39)44-46(36,37)40-7-11-15(43-45(33,34)35)14(30)20(42-11)28-10-27-13-17(22)25-9-26-18(13)28/h9-11,14-16,20,30-31,48H,3-8H2,1-2H3,(H,23,29)(H,24,32)(H,36,37)(H,38,39)(H2,22,25,26)(H2,33,34,35)/t11-,14-,15+,16-,20-/m1/s1. The van der Waals surface area contributed by atoms with E-state index in [2.05, 4.69) is 47.0 Å². The lowest BCUT2D eigenvalue weighted by Crippen LogP contribution is -2.46. The molecule has 0 aliphatic carbocycles. The van der Waals surface area contributed by atoms with Crippen molar-refractivity contribution in [2.45, 2.75) is 50.9 Å². The van der Waals surface area contributed by atoms with Crippen molar-refractivity contribution >= 4 is 64.9 Å². The number of aliphatic hydroxyl groups is 2. The van der Waals surface area contributed by atoms with Crippen LogP contribution in [0.15, 0.2) is 12.7 Å². The van der Waals surface area contributed by atoms with Crippen LogP contribution < -0.4 is 16.4 Å². The minimum atomic E-state index is -5.54. The zero-order valence-corrected chi connectivity index (χ0v) is 28.8. The number of carbonyl (C=O) groups excluding carboxylic acids is 2. The van der Waals surface area contributed by atoms with Crippen LogP contribution >= 0.6 is 36.1 Å². The molecule has 1 aliphatic rings. The summed E-state index contributed by atoms with van der Waals surface area (Å²) < 4.78 is 61.7. The fourth-order valence-corrected chi connectivity index (χ4v) is 7.08. The number of phosphoric acid groups is 3. The summed E-state index contributed by atoms with van der Waals surface area (Å²) in [5, 5.41) is 26.1. The van der Waals surface area contributed by atoms with E-state index in [1.54, 1.807) is 0 Å². The highest BCUT2D eigenvalue weighted by Gasteiger charge is 2.50. The molecule has 27 heteroatoms. The molecule has 48 heavy (non-hydrogen) atoms. The van der Waals surface area contributed by atoms with Gasteiger partial charge in [-0.3, -0.25) is 27.7 Å². The second-order valence-corrected chi connectivity index (χ2v) is 15.5. The van der Waals surface area contributed by atoms with E-state index in [1.165, 1.54) is 13.8 Å². The van der Waals surface area contributed by atoms with Crippen LogP contribution in [0.4, 0.5) is 5.82 Å². The molecule has 7 atom stereocenters. The summed E-state index contributed by atoms with van der Waals surface area (Å²) in [6.07, 6.45) is -6.74. The van der Waals surface area contributed by atoms with Crippen LogP contribution in [-0.2, 0) is 45.9 Å². The predicted octanol–water partition coefficient (Wildman–Crippen LogP) is -1.67. The van der Waals surface area contributed by atoms with Crippen LogP contribution in [0.5, 0.6) is 0 Å². The number of rotatable bonds is 18. The molecule has 2 aromatic rings. The molecule has 0 bridgehead atoms. The van der Waals surface area contributed by atoms with Crippen molar-refractivity contribution < 1.29 is 75.7 Å². The summed E-state index contributed by atoms with van der Waals surface area (Å²) in [6, 6.07) is 0. The van der Waals surface area contributed by atoms with E-state index >= 15 is 0 Å². The summed E-state index contributed by atoms with van der Waals surface area (Å²) in [7, 11) is -16.3. The molecule has 0 aromatic carbocycles. The molecular formula is C21H36N7O16P3S. The van der Waals surface area contributed by atoms with Gasteiger partial charge in [-0.05, 0) is 0 Å². The minimum Gasteiger partial charge on any atom is -0.386 e. The molecule has 1 fully saturated rings. The second-order valence-electron chi connectivity index (χ2n) is 10.8. The number of amides is 2. The largest absolute Gasteiger partial charge is 0.481 e. The van der Waals surface area contributed by atoms with Gasteiger partial charge in [-0.25, -0.2) is 28.6 Å². The Kier molecular flexibility index (Phi) is 13.7. The number of nitrogen functional groups attached to an aromatic ring is 1. The number of hydrogen-bond donors (Lipinski definition) is 10. The van der Waals surface area contributed by atoms with Crippen LogP contribution in [0, 0.1) is 5.41 Å². The number of ether oxygens (including phenoxy) is 1. The van der Waals surface area contributed by atoms with Gasteiger partial charge in [0.05, 0.1) is 19.5 Å². The number of nitrogens with two attached hydrogens (primary N) is 1. The minimum absolute atomic E-state index is 0.0363. The van der Waals surface area contributed by atoms with E-state index in [0.717, 1.165) is 17.2 Å². The van der Waals surface area contributed by atoms with E-state index in [1.807, 2.05) is 0 Å². The first kappa shape index (κ1) is 40.3. The Bertz CT molecular complexity index is 1590. The summed E-state index contributed by atoms with van der Waals surface area (Å²) >= 11 is 3.95. The van der Waals surface area contributed by atoms with Crippen LogP contribution in [-0.4, -0.2) is 118 Å². The third-order valence-corrected chi connectivity index (χ3v) is 9.83. The average molecular weight is 768 g/mol. The molecule has 3 rings (SSSR count). The molecule has 0 spiro atoms. The van der Waals surface area contributed by atoms with Crippen molar-refractivity contribution in [2.24, 2.45) is 5.41 Å². The van der Waals surface area contributed by atoms with Crippen molar-refractivity contribution in [2.75, 3.05) is 37.8 Å². The first-order valence-electron chi connectivity index (χ1n) is 13.7. The lowest BCUT2D eigenvalue weighted by molar-refractivity contribution is -0.137. The Labute approximate surface area is 277 Å². The number of hydrogen-bond acceptors (Lipinski definition) is 17. The number of phosphoric ester groups is 3. The van der Waals surface area contributed by atoms with Gasteiger partial charge in [0.15, 0.2) is 17.7 Å². The number of anilines is 1. The first-order chi connectivity index (χ1) is 22.2. The number of nitrogens with one attached hydrogen (secondary N) is 2. The highest BCUT2D eigenvalue weighted by Crippen LogP contribution is 2.61. The van der Waals surface area contributed by atoms with Gasteiger partial charge in [0.25, 0.3) is 0 Å². The van der Waals surface area contributed by atoms with E-state index in [9.17, 15) is 53.1 Å². The number of fused-ring (bicyclic) bond motifs is 1. The number of imidazole rings is 1. The first-order valence-corrected chi connectivity index (χ1v) is 18.8. The molecule has 3 heterocycles. The summed E-state index contributed by atoms with van der Waals surface area (Å²) in [5.41, 5.74) is 4.30. The van der Waals surface area contributed by atoms with E-state index < -0.39 is 78.6 Å². The van der Waals surface area contributed by atoms with Gasteiger partial charge >= 0.3 is 23.5 Å². The van der Waals surface area contributed by atoms with Gasteiger partial charge in [0.1, 0.15) is 36.3 Å². The van der Waals surface area contributed by atoms with E-state index in [-0.39, 0.29) is 35.9 Å². The Hall–Kier alpha value is -2.11. The van der Waals surface area contributed by atoms with Gasteiger partial charge < -0.3 is 50.9 Å². The fraction of sp³-hybridized carbons (Fsp3) is 0.667. The second kappa shape index (κ2) is 16.3. The van der Waals surface area contributed by atoms with Crippen molar-refractivity contribution in [1.29, 1.82) is 0 Å². The molecule has 10 N–H and O–H groups in total. The Morgan fingerprint density at radius 2 is 1.77 bits per heavy atom. The molecule has 2 unspecified atom stereocenters. The predicted molar refractivity (Wildman–Crippen MR) is 163 cm³/mol. The van der Waals surface area contributed by atoms with Crippen LogP contribution in [0.1, 0.15) is 26.5 Å². The van der Waals surface area contributed by atoms with Crippen LogP contribution in [0.3, 0.4) is 0 Å². The Morgan fingerprint density at radius 3 is 2.42 bits per heavy atom. The quantitative estimate of drug-likeness (QED) is 0.0599. The van der Waals surface area contributed by atoms with Crippen molar-refractivity contribution in [3.8, 4) is 0 Å². The SMILES string of the molecule is CC(C)(COP(=O)(O)OP(=O)(O)OC[C@H]1O[C@@H](n2cnc3c(N)ncnc32)[C@H](O)[C@H]1OP(=O)(O)O)[C@H](O)C(=O)NCCC(=O)NCCS. The molecule has 272 valence electrons. The number of carbonyl (C=O) groups is 2. The maximum absolute atomic E-state index is 12.6. The number of nitrogens with zero attached hydrogens (tertiary/aromatic N) is 4. The Morgan fingerprint density at radius 1 is 1.10 bits per heavy atom. The van der Waals surface area contributed by atoms with Crippen molar-refractivity contribution in [3.05, 3.63) is 12.7 Å². The third-order valence-electron chi connectivity index (χ3n) is 6.51. The van der Waals surface area contributed by atoms with Crippen molar-refractivity contribution in [1.82, 2.24) is 30.2 Å². The summed E-state index contributed by atoms with van der Waals surface area (Å²) in [6.45, 7) is 0.723. The van der Waals surface area contributed by atoms with Crippen LogP contribution in [0.2, 0.25) is 0 Å². The summed E-state index contributed by atoms with van der Waals surface area (Å²) in [4.78, 5) is 74.6. The lowest BCUT2D eigenvalue weighted by Gasteiger charge is -2.30. The van der Waals surface area contributed by atoms with E-state index in [4.69, 9.17) is 19.5 Å². The fourth-order valence-electron chi connectivity index (χ4n) is 4.14. The topological polar surface area (TPSA) is 347 Å². The zero-order chi connectivity index (χ0) is 36.1. The molecule has 0 saturated carbocycles. The molecule has 2 amide bonds. The molecular weight excluding hydrogens is 731 g/mol. The molecule has 23 nitrogen and oxygen atoms in total. The van der Waals surface area contributed by atoms with Gasteiger partial charge in [0, 0.05) is 30.7 Å². The molecule has 2 aromatic heterocycles. The normalized spacial score (nSPS) is 23.4. The third kappa shape index (κ3) is 11.2. The number of thiol groups is 1. The van der Waals surface area contributed by atoms with E-state index in [0.29, 0.717) is 12.3 Å². The lowest BCUT2D eigenvalue weighted by atomic mass is 9.87.